The van der Waals surface area contributed by atoms with Gasteiger partial charge in [-0.1, -0.05) is 11.3 Å². The lowest BCUT2D eigenvalue weighted by Gasteiger charge is -2.08. The van der Waals surface area contributed by atoms with Gasteiger partial charge in [-0.15, -0.1) is 0 Å². The van der Waals surface area contributed by atoms with Gasteiger partial charge in [0.1, 0.15) is 5.69 Å². The summed E-state index contributed by atoms with van der Waals surface area (Å²) in [6.07, 6.45) is -2.63. The van der Waals surface area contributed by atoms with E-state index in [0.29, 0.717) is 11.3 Å². The normalized spacial score (nSPS) is 17.4. The van der Waals surface area contributed by atoms with Gasteiger partial charge in [0, 0.05) is 6.54 Å². The Morgan fingerprint density at radius 2 is 2.14 bits per heavy atom. The minimum atomic E-state index is -4.46. The van der Waals surface area contributed by atoms with E-state index in [1.807, 2.05) is 5.38 Å². The molecule has 14 heavy (non-hydrogen) atoms. The molecule has 0 atom stereocenters. The van der Waals surface area contributed by atoms with Crippen molar-refractivity contribution in [3.05, 3.63) is 20.7 Å². The summed E-state index contributed by atoms with van der Waals surface area (Å²) >= 11 is 0.490. The van der Waals surface area contributed by atoms with Crippen LogP contribution in [0.5, 0.6) is 0 Å². The number of halogens is 3. The highest BCUT2D eigenvalue weighted by Gasteiger charge is 2.37. The van der Waals surface area contributed by atoms with Crippen molar-refractivity contribution in [3.63, 3.8) is 0 Å². The van der Waals surface area contributed by atoms with Gasteiger partial charge >= 0.3 is 11.0 Å². The smallest absolute Gasteiger partial charge is 0.294 e. The number of nitrogens with zero attached hydrogens (tertiary/aromatic N) is 1. The molecule has 77 valence electrons. The van der Waals surface area contributed by atoms with Crippen molar-refractivity contribution < 1.29 is 13.2 Å². The van der Waals surface area contributed by atoms with E-state index in [2.05, 4.69) is 0 Å². The second-order valence-electron chi connectivity index (χ2n) is 3.37. The van der Waals surface area contributed by atoms with Gasteiger partial charge in [0.05, 0.1) is 5.38 Å². The lowest BCUT2D eigenvalue weighted by atomic mass is 10.4. The van der Waals surface area contributed by atoms with E-state index in [0.717, 1.165) is 17.4 Å². The summed E-state index contributed by atoms with van der Waals surface area (Å²) in [6.45, 7) is 0.188. The number of hydrogen-bond donors (Lipinski definition) is 0. The zero-order chi connectivity index (χ0) is 10.3. The van der Waals surface area contributed by atoms with Crippen LogP contribution in [0.25, 0.3) is 0 Å². The second kappa shape index (κ2) is 3.12. The van der Waals surface area contributed by atoms with Gasteiger partial charge < -0.3 is 0 Å². The van der Waals surface area contributed by atoms with Crippen molar-refractivity contribution in [2.75, 3.05) is 0 Å². The monoisotopic (exact) mass is 222 g/mol. The van der Waals surface area contributed by atoms with Gasteiger partial charge in [0.2, 0.25) is 0 Å². The van der Waals surface area contributed by atoms with E-state index in [1.165, 1.54) is 0 Å². The van der Waals surface area contributed by atoms with Crippen molar-refractivity contribution in [1.82, 2.24) is 4.57 Å². The molecule has 6 heteroatoms. The predicted octanol–water partition coefficient (Wildman–Crippen LogP) is 2.14. The highest BCUT2D eigenvalue weighted by molar-refractivity contribution is 7.06. The molecule has 0 amide bonds. The van der Waals surface area contributed by atoms with Gasteiger partial charge in [-0.3, -0.25) is 9.36 Å². The maximum absolute atomic E-state index is 12.3. The summed E-state index contributed by atoms with van der Waals surface area (Å²) in [4.78, 5) is 10.5. The van der Waals surface area contributed by atoms with Crippen LogP contribution < -0.4 is 4.87 Å². The third kappa shape index (κ3) is 1.84. The number of alkyl halides is 3. The van der Waals surface area contributed by atoms with Crippen LogP contribution in [0.3, 0.4) is 0 Å². The fourth-order valence-electron chi connectivity index (χ4n) is 1.23. The first kappa shape index (κ1) is 9.76. The number of thiazole rings is 1. The van der Waals surface area contributed by atoms with Gasteiger partial charge in [-0.25, -0.2) is 0 Å². The zero-order valence-corrected chi connectivity index (χ0v) is 7.91. The number of aromatic nitrogens is 1. The van der Waals surface area contributed by atoms with E-state index in [9.17, 15) is 18.0 Å². The minimum absolute atomic E-state index is 0.188. The van der Waals surface area contributed by atoms with Crippen LogP contribution in [0.4, 0.5) is 13.2 Å². The van der Waals surface area contributed by atoms with Crippen LogP contribution in [0.15, 0.2) is 4.79 Å². The van der Waals surface area contributed by atoms with E-state index in [1.54, 1.807) is 0 Å². The second-order valence-corrected chi connectivity index (χ2v) is 4.13. The molecule has 0 unspecified atom stereocenters. The molecule has 1 saturated carbocycles. The Hall–Kier alpha value is -0.780. The Bertz CT molecular complexity index is 388. The Kier molecular flexibility index (Phi) is 2.17. The molecule has 0 spiro atoms. The first-order valence-corrected chi connectivity index (χ1v) is 4.98. The number of hydrogen-bond acceptors (Lipinski definition) is 2. The molecule has 1 aliphatic carbocycles. The molecule has 0 N–H and O–H groups in total. The molecule has 0 aromatic carbocycles. The highest BCUT2D eigenvalue weighted by atomic mass is 32.1. The van der Waals surface area contributed by atoms with Crippen LogP contribution >= 0.6 is 11.3 Å². The topological polar surface area (TPSA) is 22.0 Å². The van der Waals surface area contributed by atoms with Crippen LogP contribution in [0, 0.1) is 11.3 Å². The zero-order valence-electron chi connectivity index (χ0n) is 7.10. The first-order chi connectivity index (χ1) is 6.48. The van der Waals surface area contributed by atoms with E-state index in [4.69, 9.17) is 0 Å². The Morgan fingerprint density at radius 3 is 2.64 bits per heavy atom. The van der Waals surface area contributed by atoms with Crippen molar-refractivity contribution in [1.29, 1.82) is 0 Å². The Labute approximate surface area is 82.0 Å². The van der Waals surface area contributed by atoms with Gasteiger partial charge in [0.15, 0.2) is 0 Å². The Balaban J connectivity index is 2.34. The highest BCUT2D eigenvalue weighted by Crippen LogP contribution is 2.34. The molecule has 0 bridgehead atoms. The van der Waals surface area contributed by atoms with Gasteiger partial charge in [-0.2, -0.15) is 13.2 Å². The summed E-state index contributed by atoms with van der Waals surface area (Å²) in [5.74, 6) is 0.247. The first-order valence-electron chi connectivity index (χ1n) is 4.17. The Morgan fingerprint density at radius 1 is 1.50 bits per heavy atom. The molecule has 1 aliphatic rings. The molecule has 1 aromatic heterocycles. The van der Waals surface area contributed by atoms with Gasteiger partial charge in [-0.05, 0) is 18.8 Å². The molecule has 1 radical (unpaired) electrons. The molecule has 2 rings (SSSR count). The molecule has 1 heterocycles. The van der Waals surface area contributed by atoms with Crippen LogP contribution in [0.1, 0.15) is 18.5 Å². The van der Waals surface area contributed by atoms with E-state index < -0.39 is 16.7 Å². The molecule has 0 aliphatic heterocycles. The van der Waals surface area contributed by atoms with Crippen molar-refractivity contribution in [2.45, 2.75) is 25.6 Å². The molecule has 1 fully saturated rings. The van der Waals surface area contributed by atoms with Crippen molar-refractivity contribution >= 4 is 11.3 Å². The minimum Gasteiger partial charge on any atom is -0.294 e. The largest absolute Gasteiger partial charge is 0.433 e. The molecule has 2 nitrogen and oxygen atoms in total. The third-order valence-corrected chi connectivity index (χ3v) is 2.82. The van der Waals surface area contributed by atoms with E-state index >= 15 is 0 Å². The van der Waals surface area contributed by atoms with Crippen LogP contribution in [-0.4, -0.2) is 4.57 Å². The van der Waals surface area contributed by atoms with Crippen molar-refractivity contribution in [2.24, 2.45) is 5.92 Å². The number of rotatable bonds is 2. The van der Waals surface area contributed by atoms with E-state index in [-0.39, 0.29) is 12.5 Å². The average Bonchev–Trinajstić information content (AvgIpc) is 2.76. The standard InChI is InChI=1S/C8H7F3NOS/c9-8(10,11)6-4-14-7(13)12(6)3-5-1-2-5/h5H,1-3H2. The van der Waals surface area contributed by atoms with Crippen LogP contribution in [-0.2, 0) is 12.7 Å². The van der Waals surface area contributed by atoms with Crippen molar-refractivity contribution in [3.8, 4) is 0 Å². The lowest BCUT2D eigenvalue weighted by Crippen LogP contribution is -2.22. The third-order valence-electron chi connectivity index (χ3n) is 2.13. The lowest BCUT2D eigenvalue weighted by molar-refractivity contribution is -0.144. The maximum atomic E-state index is 12.3. The summed E-state index contributed by atoms with van der Waals surface area (Å²) in [5.41, 5.74) is -0.931. The van der Waals surface area contributed by atoms with Crippen LogP contribution in [0.2, 0.25) is 0 Å². The molecular weight excluding hydrogens is 215 g/mol. The summed E-state index contributed by atoms with van der Waals surface area (Å²) in [5, 5.41) is 2.01. The van der Waals surface area contributed by atoms with Gasteiger partial charge in [0.25, 0.3) is 0 Å². The fourth-order valence-corrected chi connectivity index (χ4v) is 1.91. The predicted molar refractivity (Wildman–Crippen MR) is 45.1 cm³/mol. The average molecular weight is 222 g/mol. The quantitative estimate of drug-likeness (QED) is 0.751. The SMILES string of the molecule is O=c1s[c]c(C(F)(F)F)n1CC1CC1. The summed E-state index contributed by atoms with van der Waals surface area (Å²) < 4.78 is 37.8. The summed E-state index contributed by atoms with van der Waals surface area (Å²) in [7, 11) is 0. The maximum Gasteiger partial charge on any atom is 0.433 e. The molecular formula is C8H7F3NOS. The summed E-state index contributed by atoms with van der Waals surface area (Å²) in [6, 6.07) is 0. The molecule has 1 aromatic rings. The fraction of sp³-hybridized carbons (Fsp3) is 0.625. The molecule has 0 saturated heterocycles.